The van der Waals surface area contributed by atoms with E-state index >= 15 is 0 Å². The lowest BCUT2D eigenvalue weighted by Gasteiger charge is -2.09. The fraction of sp³-hybridized carbons (Fsp3) is 0.467. The fourth-order valence-corrected chi connectivity index (χ4v) is 2.22. The molecule has 0 aliphatic heterocycles. The molecule has 0 radical (unpaired) electrons. The minimum Gasteiger partial charge on any atom is -0.493 e. The lowest BCUT2D eigenvalue weighted by Crippen LogP contribution is -2.22. The first-order valence-electron chi connectivity index (χ1n) is 6.97. The van der Waals surface area contributed by atoms with Gasteiger partial charge in [0.15, 0.2) is 17.6 Å². The molecule has 0 aromatic heterocycles. The van der Waals surface area contributed by atoms with Gasteiger partial charge in [-0.3, -0.25) is 4.79 Å². The molecule has 0 aliphatic carbocycles. The molecule has 0 heterocycles. The Kier molecular flexibility index (Phi) is 11.4. The zero-order valence-electron chi connectivity index (χ0n) is 13.6. The van der Waals surface area contributed by atoms with Crippen molar-refractivity contribution in [3.63, 3.8) is 0 Å². The van der Waals surface area contributed by atoms with Gasteiger partial charge in [-0.25, -0.2) is 4.79 Å². The number of carbonyl (C=O) groups is 2. The van der Waals surface area contributed by atoms with Crippen LogP contribution in [0, 0.1) is 0 Å². The van der Waals surface area contributed by atoms with Crippen LogP contribution >= 0.6 is 11.8 Å². The van der Waals surface area contributed by atoms with Crippen LogP contribution in [0.15, 0.2) is 18.2 Å². The number of carboxylic acids is 2. The summed E-state index contributed by atoms with van der Waals surface area (Å²) in [4.78, 5) is 19.4. The van der Waals surface area contributed by atoms with Crippen molar-refractivity contribution in [1.29, 1.82) is 0 Å². The smallest absolute Gasteiger partial charge is 0.333 e. The van der Waals surface area contributed by atoms with Gasteiger partial charge in [-0.1, -0.05) is 6.07 Å². The average Bonchev–Trinajstić information content (AvgIpc) is 2.54. The third-order valence-electron chi connectivity index (χ3n) is 2.63. The minimum absolute atomic E-state index is 0.720. The number of aliphatic carboxylic acids is 2. The summed E-state index contributed by atoms with van der Waals surface area (Å²) in [5, 5.41) is 24.1. The summed E-state index contributed by atoms with van der Waals surface area (Å²) in [6, 6.07) is 5.98. The first-order valence-corrected chi connectivity index (χ1v) is 8.12. The van der Waals surface area contributed by atoms with Crippen LogP contribution in [0.2, 0.25) is 0 Å². The SMILES string of the molecule is COc1ccc(CSCCN)cc1OC.O=C(O)CC(O)C(=O)O. The maximum Gasteiger partial charge on any atom is 0.333 e. The molecule has 1 rings (SSSR count). The highest BCUT2D eigenvalue weighted by atomic mass is 32.2. The maximum atomic E-state index is 9.72. The van der Waals surface area contributed by atoms with E-state index in [0.29, 0.717) is 0 Å². The molecule has 0 saturated carbocycles. The standard InChI is InChI=1S/C11H17NO2S.C4H6O5/c1-13-10-4-3-9(7-11(10)14-2)8-15-6-5-12;5-2(4(8)9)1-3(6)7/h3-4,7H,5-6,8,12H2,1-2H3;2,5H,1H2,(H,6,7)(H,8,9). The van der Waals surface area contributed by atoms with Gasteiger partial charge in [-0.2, -0.15) is 11.8 Å². The molecule has 24 heavy (non-hydrogen) atoms. The minimum atomic E-state index is -1.79. The molecule has 136 valence electrons. The van der Waals surface area contributed by atoms with Gasteiger partial charge >= 0.3 is 11.9 Å². The van der Waals surface area contributed by atoms with Gasteiger partial charge in [0, 0.05) is 18.1 Å². The number of hydrogen-bond acceptors (Lipinski definition) is 7. The lowest BCUT2D eigenvalue weighted by molar-refractivity contribution is -0.152. The maximum absolute atomic E-state index is 9.72. The molecule has 0 saturated heterocycles. The Hall–Kier alpha value is -1.97. The number of ether oxygens (including phenoxy) is 2. The van der Waals surface area contributed by atoms with E-state index in [0.717, 1.165) is 29.5 Å². The molecule has 1 atom stereocenters. The van der Waals surface area contributed by atoms with E-state index in [9.17, 15) is 9.59 Å². The molecular weight excluding hydrogens is 338 g/mol. The van der Waals surface area contributed by atoms with Crippen LogP contribution < -0.4 is 15.2 Å². The van der Waals surface area contributed by atoms with Gasteiger partial charge in [0.1, 0.15) is 0 Å². The Morgan fingerprint density at radius 3 is 2.25 bits per heavy atom. The molecule has 0 aliphatic rings. The average molecular weight is 361 g/mol. The van der Waals surface area contributed by atoms with E-state index in [1.807, 2.05) is 30.0 Å². The molecule has 0 fully saturated rings. The van der Waals surface area contributed by atoms with E-state index in [2.05, 4.69) is 0 Å². The van der Waals surface area contributed by atoms with Crippen molar-refractivity contribution >= 4 is 23.7 Å². The van der Waals surface area contributed by atoms with Crippen molar-refractivity contribution in [3.05, 3.63) is 23.8 Å². The summed E-state index contributed by atoms with van der Waals surface area (Å²) in [6.45, 7) is 0.720. The van der Waals surface area contributed by atoms with Gasteiger partial charge < -0.3 is 30.5 Å². The van der Waals surface area contributed by atoms with Crippen molar-refractivity contribution in [1.82, 2.24) is 0 Å². The normalized spacial score (nSPS) is 11.0. The molecular formula is C15H23NO7S. The van der Waals surface area contributed by atoms with Crippen LogP contribution in [-0.2, 0) is 15.3 Å². The summed E-state index contributed by atoms with van der Waals surface area (Å²) < 4.78 is 10.4. The van der Waals surface area contributed by atoms with Crippen LogP contribution in [0.25, 0.3) is 0 Å². The fourth-order valence-electron chi connectivity index (χ4n) is 1.50. The second-order valence-electron chi connectivity index (χ2n) is 4.48. The highest BCUT2D eigenvalue weighted by Gasteiger charge is 2.16. The topological polar surface area (TPSA) is 139 Å². The number of aliphatic hydroxyl groups is 1. The number of methoxy groups -OCH3 is 2. The highest BCUT2D eigenvalue weighted by molar-refractivity contribution is 7.98. The molecule has 0 spiro atoms. The highest BCUT2D eigenvalue weighted by Crippen LogP contribution is 2.28. The molecule has 1 aromatic rings. The zero-order valence-corrected chi connectivity index (χ0v) is 14.4. The van der Waals surface area contributed by atoms with Gasteiger partial charge in [0.25, 0.3) is 0 Å². The molecule has 1 unspecified atom stereocenters. The van der Waals surface area contributed by atoms with Crippen LogP contribution in [-0.4, -0.2) is 59.9 Å². The molecule has 5 N–H and O–H groups in total. The lowest BCUT2D eigenvalue weighted by atomic mass is 10.2. The van der Waals surface area contributed by atoms with Crippen molar-refractivity contribution < 1.29 is 34.4 Å². The predicted molar refractivity (Wildman–Crippen MR) is 90.7 cm³/mol. The third-order valence-corrected chi connectivity index (χ3v) is 3.69. The van der Waals surface area contributed by atoms with Crippen LogP contribution in [0.5, 0.6) is 11.5 Å². The second kappa shape index (κ2) is 12.5. The number of carboxylic acid groups (broad SMARTS) is 2. The van der Waals surface area contributed by atoms with Crippen molar-refractivity contribution in [2.24, 2.45) is 5.73 Å². The molecule has 9 heteroatoms. The monoisotopic (exact) mass is 361 g/mol. The van der Waals surface area contributed by atoms with Gasteiger partial charge in [0.05, 0.1) is 20.6 Å². The number of benzene rings is 1. The zero-order chi connectivity index (χ0) is 18.5. The van der Waals surface area contributed by atoms with Gasteiger partial charge in [0.2, 0.25) is 0 Å². The summed E-state index contributed by atoms with van der Waals surface area (Å²) in [6.07, 6.45) is -2.54. The van der Waals surface area contributed by atoms with Crippen LogP contribution in [0.1, 0.15) is 12.0 Å². The number of hydrogen-bond donors (Lipinski definition) is 4. The second-order valence-corrected chi connectivity index (χ2v) is 5.59. The first-order chi connectivity index (χ1) is 11.3. The first kappa shape index (κ1) is 22.0. The Balaban J connectivity index is 0.000000506. The summed E-state index contributed by atoms with van der Waals surface area (Å²) in [5.41, 5.74) is 6.66. The molecule has 1 aromatic carbocycles. The largest absolute Gasteiger partial charge is 0.493 e. The summed E-state index contributed by atoms with van der Waals surface area (Å²) >= 11 is 1.82. The van der Waals surface area contributed by atoms with Gasteiger partial charge in [-0.05, 0) is 17.7 Å². The van der Waals surface area contributed by atoms with Crippen molar-refractivity contribution in [2.75, 3.05) is 26.5 Å². The Labute approximate surface area is 144 Å². The van der Waals surface area contributed by atoms with E-state index < -0.39 is 24.5 Å². The molecule has 0 amide bonds. The van der Waals surface area contributed by atoms with E-state index in [1.165, 1.54) is 5.56 Å². The number of nitrogens with two attached hydrogens (primary N) is 1. The summed E-state index contributed by atoms with van der Waals surface area (Å²) in [5.74, 6) is 0.641. The van der Waals surface area contributed by atoms with E-state index in [-0.39, 0.29) is 0 Å². The van der Waals surface area contributed by atoms with Gasteiger partial charge in [-0.15, -0.1) is 0 Å². The van der Waals surface area contributed by atoms with E-state index in [1.54, 1.807) is 14.2 Å². The summed E-state index contributed by atoms with van der Waals surface area (Å²) in [7, 11) is 3.29. The Morgan fingerprint density at radius 2 is 1.83 bits per heavy atom. The predicted octanol–water partition coefficient (Wildman–Crippen LogP) is 0.802. The number of aliphatic hydroxyl groups excluding tert-OH is 1. The van der Waals surface area contributed by atoms with Crippen LogP contribution in [0.3, 0.4) is 0 Å². The Bertz CT molecular complexity index is 525. The molecule has 8 nitrogen and oxygen atoms in total. The van der Waals surface area contributed by atoms with Crippen LogP contribution in [0.4, 0.5) is 0 Å². The Morgan fingerprint density at radius 1 is 1.21 bits per heavy atom. The molecule has 0 bridgehead atoms. The number of rotatable bonds is 9. The van der Waals surface area contributed by atoms with Crippen molar-refractivity contribution in [3.8, 4) is 11.5 Å². The van der Waals surface area contributed by atoms with Crippen molar-refractivity contribution in [2.45, 2.75) is 18.3 Å². The number of thioether (sulfide) groups is 1. The quantitative estimate of drug-likeness (QED) is 0.470. The van der Waals surface area contributed by atoms with E-state index in [4.69, 9.17) is 30.5 Å². The third kappa shape index (κ3) is 9.23.